The third-order valence-corrected chi connectivity index (χ3v) is 2.67. The van der Waals surface area contributed by atoms with E-state index >= 15 is 0 Å². The molecule has 0 radical (unpaired) electrons. The summed E-state index contributed by atoms with van der Waals surface area (Å²) in [5.41, 5.74) is 2.78. The summed E-state index contributed by atoms with van der Waals surface area (Å²) in [6.45, 7) is 2.18. The first-order valence-corrected chi connectivity index (χ1v) is 5.48. The molecule has 0 bridgehead atoms. The molecule has 0 amide bonds. The average Bonchev–Trinajstić information content (AvgIpc) is 2.80. The van der Waals surface area contributed by atoms with Crippen LogP contribution in [0.4, 0.5) is 0 Å². The molecule has 1 heterocycles. The molecule has 2 rings (SSSR count). The fourth-order valence-electron chi connectivity index (χ4n) is 1.66. The zero-order chi connectivity index (χ0) is 10.5. The van der Waals surface area contributed by atoms with Crippen LogP contribution in [0, 0.1) is 0 Å². The van der Waals surface area contributed by atoms with E-state index in [0.29, 0.717) is 0 Å². The van der Waals surface area contributed by atoms with Gasteiger partial charge in [0.1, 0.15) is 5.76 Å². The van der Waals surface area contributed by atoms with Gasteiger partial charge in [0.2, 0.25) is 0 Å². The molecule has 15 heavy (non-hydrogen) atoms. The van der Waals surface area contributed by atoms with Gasteiger partial charge in [-0.25, -0.2) is 0 Å². The SMILES string of the molecule is CCc1ccc(CCc2ccco2)cc1. The lowest BCUT2D eigenvalue weighted by Gasteiger charge is -2.01. The van der Waals surface area contributed by atoms with E-state index in [9.17, 15) is 0 Å². The van der Waals surface area contributed by atoms with E-state index in [1.807, 2.05) is 12.1 Å². The van der Waals surface area contributed by atoms with Gasteiger partial charge in [-0.3, -0.25) is 0 Å². The Hall–Kier alpha value is -1.50. The van der Waals surface area contributed by atoms with Crippen LogP contribution >= 0.6 is 0 Å². The highest BCUT2D eigenvalue weighted by Crippen LogP contribution is 2.09. The van der Waals surface area contributed by atoms with Gasteiger partial charge in [0, 0.05) is 6.42 Å². The largest absolute Gasteiger partial charge is 0.469 e. The van der Waals surface area contributed by atoms with Gasteiger partial charge in [-0.2, -0.15) is 0 Å². The van der Waals surface area contributed by atoms with Gasteiger partial charge in [0.25, 0.3) is 0 Å². The fraction of sp³-hybridized carbons (Fsp3) is 0.286. The Labute approximate surface area is 90.7 Å². The molecule has 0 spiro atoms. The quantitative estimate of drug-likeness (QED) is 0.734. The molecule has 1 heteroatoms. The molecule has 0 fully saturated rings. The van der Waals surface area contributed by atoms with Gasteiger partial charge in [-0.05, 0) is 36.1 Å². The van der Waals surface area contributed by atoms with Crippen LogP contribution in [0.25, 0.3) is 0 Å². The highest BCUT2D eigenvalue weighted by molar-refractivity contribution is 5.23. The molecule has 2 aromatic rings. The van der Waals surface area contributed by atoms with Crippen molar-refractivity contribution in [2.24, 2.45) is 0 Å². The average molecular weight is 200 g/mol. The van der Waals surface area contributed by atoms with E-state index < -0.39 is 0 Å². The van der Waals surface area contributed by atoms with Gasteiger partial charge in [-0.15, -0.1) is 0 Å². The Morgan fingerprint density at radius 1 is 0.933 bits per heavy atom. The van der Waals surface area contributed by atoms with Crippen LogP contribution in [0.5, 0.6) is 0 Å². The summed E-state index contributed by atoms with van der Waals surface area (Å²) in [5, 5.41) is 0. The molecule has 0 aliphatic heterocycles. The third kappa shape index (κ3) is 2.72. The van der Waals surface area contributed by atoms with Crippen LogP contribution in [0.3, 0.4) is 0 Å². The molecular weight excluding hydrogens is 184 g/mol. The maximum absolute atomic E-state index is 5.30. The molecular formula is C14H16O. The highest BCUT2D eigenvalue weighted by Gasteiger charge is 1.97. The molecule has 0 saturated heterocycles. The van der Waals surface area contributed by atoms with Crippen molar-refractivity contribution in [2.45, 2.75) is 26.2 Å². The molecule has 0 aliphatic carbocycles. The number of aryl methyl sites for hydroxylation is 3. The third-order valence-electron chi connectivity index (χ3n) is 2.67. The first kappa shape index (κ1) is 10.0. The summed E-state index contributed by atoms with van der Waals surface area (Å²) in [7, 11) is 0. The fourth-order valence-corrected chi connectivity index (χ4v) is 1.66. The van der Waals surface area contributed by atoms with Gasteiger partial charge in [-0.1, -0.05) is 31.2 Å². The van der Waals surface area contributed by atoms with Crippen LogP contribution < -0.4 is 0 Å². The van der Waals surface area contributed by atoms with Gasteiger partial charge < -0.3 is 4.42 Å². The minimum absolute atomic E-state index is 0.985. The number of furan rings is 1. The van der Waals surface area contributed by atoms with E-state index in [1.54, 1.807) is 6.26 Å². The summed E-state index contributed by atoms with van der Waals surface area (Å²) in [5.74, 6) is 1.06. The minimum atomic E-state index is 0.985. The van der Waals surface area contributed by atoms with Gasteiger partial charge >= 0.3 is 0 Å². The molecule has 1 nitrogen and oxygen atoms in total. The van der Waals surface area contributed by atoms with Crippen molar-refractivity contribution >= 4 is 0 Å². The summed E-state index contributed by atoms with van der Waals surface area (Å²) in [6, 6.07) is 12.8. The summed E-state index contributed by atoms with van der Waals surface area (Å²) < 4.78 is 5.30. The molecule has 78 valence electrons. The van der Waals surface area contributed by atoms with E-state index in [0.717, 1.165) is 25.0 Å². The molecule has 1 aromatic heterocycles. The van der Waals surface area contributed by atoms with E-state index in [4.69, 9.17) is 4.42 Å². The van der Waals surface area contributed by atoms with Crippen molar-refractivity contribution in [3.05, 3.63) is 59.5 Å². The molecule has 0 aliphatic rings. The second-order valence-corrected chi connectivity index (χ2v) is 3.75. The second kappa shape index (κ2) is 4.83. The molecule has 0 saturated carbocycles. The van der Waals surface area contributed by atoms with E-state index in [1.165, 1.54) is 11.1 Å². The zero-order valence-corrected chi connectivity index (χ0v) is 9.07. The highest BCUT2D eigenvalue weighted by atomic mass is 16.3. The topological polar surface area (TPSA) is 13.1 Å². The maximum Gasteiger partial charge on any atom is 0.104 e. The molecule has 0 atom stereocenters. The van der Waals surface area contributed by atoms with Crippen LogP contribution in [0.1, 0.15) is 23.8 Å². The van der Waals surface area contributed by atoms with Crippen molar-refractivity contribution in [2.75, 3.05) is 0 Å². The first-order chi connectivity index (χ1) is 7.38. The summed E-state index contributed by atoms with van der Waals surface area (Å²) in [4.78, 5) is 0. The lowest BCUT2D eigenvalue weighted by molar-refractivity contribution is 0.508. The molecule has 1 aromatic carbocycles. The van der Waals surface area contributed by atoms with Crippen molar-refractivity contribution in [1.29, 1.82) is 0 Å². The predicted octanol–water partition coefficient (Wildman–Crippen LogP) is 3.63. The Balaban J connectivity index is 1.93. The van der Waals surface area contributed by atoms with Crippen molar-refractivity contribution < 1.29 is 4.42 Å². The standard InChI is InChI=1S/C14H16O/c1-2-12-5-7-13(8-6-12)9-10-14-4-3-11-15-14/h3-8,11H,2,9-10H2,1H3. The number of rotatable bonds is 4. The lowest BCUT2D eigenvalue weighted by Crippen LogP contribution is -1.90. The smallest absolute Gasteiger partial charge is 0.104 e. The Morgan fingerprint density at radius 3 is 2.27 bits per heavy atom. The van der Waals surface area contributed by atoms with Gasteiger partial charge in [0.05, 0.1) is 6.26 Å². The van der Waals surface area contributed by atoms with Crippen molar-refractivity contribution in [1.82, 2.24) is 0 Å². The van der Waals surface area contributed by atoms with Gasteiger partial charge in [0.15, 0.2) is 0 Å². The Bertz CT molecular complexity index is 384. The minimum Gasteiger partial charge on any atom is -0.469 e. The van der Waals surface area contributed by atoms with Crippen LogP contribution in [-0.4, -0.2) is 0 Å². The van der Waals surface area contributed by atoms with Crippen LogP contribution in [0.15, 0.2) is 47.1 Å². The normalized spacial score (nSPS) is 10.5. The maximum atomic E-state index is 5.30. The molecule has 0 N–H and O–H groups in total. The predicted molar refractivity (Wildman–Crippen MR) is 61.9 cm³/mol. The summed E-state index contributed by atoms with van der Waals surface area (Å²) >= 11 is 0. The number of hydrogen-bond acceptors (Lipinski definition) is 1. The lowest BCUT2D eigenvalue weighted by atomic mass is 10.1. The van der Waals surface area contributed by atoms with E-state index in [2.05, 4.69) is 31.2 Å². The Kier molecular flexibility index (Phi) is 3.23. The monoisotopic (exact) mass is 200 g/mol. The van der Waals surface area contributed by atoms with Crippen LogP contribution in [0.2, 0.25) is 0 Å². The first-order valence-electron chi connectivity index (χ1n) is 5.48. The summed E-state index contributed by atoms with van der Waals surface area (Å²) in [6.07, 6.45) is 4.88. The van der Waals surface area contributed by atoms with Crippen molar-refractivity contribution in [3.63, 3.8) is 0 Å². The second-order valence-electron chi connectivity index (χ2n) is 3.75. The van der Waals surface area contributed by atoms with Crippen LogP contribution in [-0.2, 0) is 19.3 Å². The number of hydrogen-bond donors (Lipinski definition) is 0. The van der Waals surface area contributed by atoms with Crippen molar-refractivity contribution in [3.8, 4) is 0 Å². The Morgan fingerprint density at radius 2 is 1.67 bits per heavy atom. The number of benzene rings is 1. The zero-order valence-electron chi connectivity index (χ0n) is 9.07. The molecule has 0 unspecified atom stereocenters. The van der Waals surface area contributed by atoms with E-state index in [-0.39, 0.29) is 0 Å².